The third kappa shape index (κ3) is 13.4. The van der Waals surface area contributed by atoms with Gasteiger partial charge < -0.3 is 8.85 Å². The van der Waals surface area contributed by atoms with E-state index in [0.29, 0.717) is 0 Å². The van der Waals surface area contributed by atoms with Crippen molar-refractivity contribution in [2.45, 2.75) is 90.1 Å². The first-order chi connectivity index (χ1) is 23.2. The Kier molecular flexibility index (Phi) is 18.0. The van der Waals surface area contributed by atoms with Crippen molar-refractivity contribution in [3.8, 4) is 0 Å². The van der Waals surface area contributed by atoms with E-state index in [2.05, 4.69) is 135 Å². The van der Waals surface area contributed by atoms with Crippen LogP contribution in [0.1, 0.15) is 78.1 Å². The average molecular weight is 685 g/mol. The Bertz CT molecular complexity index is 1140. The Hall–Kier alpha value is -2.12. The summed E-state index contributed by atoms with van der Waals surface area (Å²) in [6.07, 6.45) is 15.4. The fraction of sp³-hybridized carbons (Fsp3) is 0.429. The van der Waals surface area contributed by atoms with Crippen LogP contribution in [0, 0.1) is 0 Å². The van der Waals surface area contributed by atoms with Gasteiger partial charge in [0.05, 0.1) is 0 Å². The summed E-state index contributed by atoms with van der Waals surface area (Å²) in [6, 6.07) is 46.9. The van der Waals surface area contributed by atoms with Crippen molar-refractivity contribution in [3.63, 3.8) is 0 Å². The van der Waals surface area contributed by atoms with Gasteiger partial charge in [0, 0.05) is 13.2 Å². The summed E-state index contributed by atoms with van der Waals surface area (Å²) in [7, 11) is -2.69. The number of benzene rings is 4. The van der Waals surface area contributed by atoms with Gasteiger partial charge in [0.2, 0.25) is 0 Å². The molecule has 0 bridgehead atoms. The van der Waals surface area contributed by atoms with E-state index < -0.39 is 8.56 Å². The monoisotopic (exact) mass is 684 g/mol. The van der Waals surface area contributed by atoms with E-state index in [-0.39, 0.29) is 15.8 Å². The number of rotatable bonds is 24. The fourth-order valence-electron chi connectivity index (χ4n) is 6.62. The second-order valence-electron chi connectivity index (χ2n) is 12.5. The van der Waals surface area contributed by atoms with Gasteiger partial charge >= 0.3 is 8.56 Å². The normalized spacial score (nSPS) is 11.8. The maximum atomic E-state index is 6.51. The van der Waals surface area contributed by atoms with Crippen molar-refractivity contribution < 1.29 is 8.85 Å². The van der Waals surface area contributed by atoms with Crippen molar-refractivity contribution in [1.29, 1.82) is 0 Å². The topological polar surface area (TPSA) is 18.5 Å². The lowest BCUT2D eigenvalue weighted by Gasteiger charge is -2.30. The molecule has 0 fully saturated rings. The number of hydrogen-bond donors (Lipinski definition) is 0. The van der Waals surface area contributed by atoms with Crippen molar-refractivity contribution >= 4 is 45.6 Å². The molecule has 0 aromatic heterocycles. The molecule has 0 N–H and O–H groups in total. The van der Waals surface area contributed by atoms with E-state index >= 15 is 0 Å². The van der Waals surface area contributed by atoms with Crippen LogP contribution in [0.25, 0.3) is 0 Å². The quantitative estimate of drug-likeness (QED) is 0.0416. The predicted molar refractivity (Wildman–Crippen MR) is 213 cm³/mol. The molecule has 252 valence electrons. The third-order valence-corrected chi connectivity index (χ3v) is 18.0. The van der Waals surface area contributed by atoms with Gasteiger partial charge in [0.15, 0.2) is 0 Å². The first-order valence-electron chi connectivity index (χ1n) is 18.3. The van der Waals surface area contributed by atoms with Crippen LogP contribution < -0.4 is 21.2 Å². The second kappa shape index (κ2) is 22.5. The van der Waals surface area contributed by atoms with E-state index in [1.54, 1.807) is 0 Å². The summed E-state index contributed by atoms with van der Waals surface area (Å²) in [5, 5.41) is 6.01. The maximum absolute atomic E-state index is 6.51. The van der Waals surface area contributed by atoms with Gasteiger partial charge in [-0.25, -0.2) is 0 Å². The van der Waals surface area contributed by atoms with Gasteiger partial charge in [-0.2, -0.15) is 0 Å². The molecule has 4 rings (SSSR count). The Morgan fingerprint density at radius 1 is 0.383 bits per heavy atom. The molecule has 0 aliphatic carbocycles. The van der Waals surface area contributed by atoms with Crippen LogP contribution in [0.3, 0.4) is 0 Å². The van der Waals surface area contributed by atoms with Crippen LogP contribution >= 0.6 is 15.8 Å². The average Bonchev–Trinajstić information content (AvgIpc) is 3.12. The summed E-state index contributed by atoms with van der Waals surface area (Å²) < 4.78 is 13.0. The molecule has 4 aromatic carbocycles. The van der Waals surface area contributed by atoms with Crippen LogP contribution in [0.5, 0.6) is 0 Å². The molecule has 0 aliphatic rings. The van der Waals surface area contributed by atoms with Crippen molar-refractivity contribution in [3.05, 3.63) is 121 Å². The standard InChI is InChI=1S/C42H58O2P2Si/c1-3-43-47(44-4-2,37-25-9-5-7-23-35-45(39-27-15-11-16-28-39)40-29-17-12-18-30-40)38-26-10-6-8-24-36-46(41-31-19-13-20-32-41)42-33-21-14-22-34-42/h11-22,27-34H,3-10,23-26,35-38H2,1-2H3. The van der Waals surface area contributed by atoms with Crippen LogP contribution in [-0.2, 0) is 8.85 Å². The second-order valence-corrected chi connectivity index (χ2v) is 20.5. The Labute approximate surface area is 290 Å². The minimum atomic E-state index is -2.14. The fourth-order valence-corrected chi connectivity index (χ4v) is 15.0. The highest BCUT2D eigenvalue weighted by Crippen LogP contribution is 2.36. The molecule has 0 radical (unpaired) electrons. The highest BCUT2D eigenvalue weighted by Gasteiger charge is 2.35. The zero-order valence-electron chi connectivity index (χ0n) is 29.1. The van der Waals surface area contributed by atoms with Crippen LogP contribution in [-0.4, -0.2) is 34.1 Å². The molecule has 0 unspecified atom stereocenters. The van der Waals surface area contributed by atoms with Gasteiger partial charge in [-0.05, 0) is 88.2 Å². The van der Waals surface area contributed by atoms with Gasteiger partial charge in [-0.1, -0.05) is 173 Å². The molecule has 4 aromatic rings. The number of hydrogen-bond acceptors (Lipinski definition) is 2. The molecule has 0 spiro atoms. The molecule has 0 saturated heterocycles. The molecule has 0 atom stereocenters. The van der Waals surface area contributed by atoms with E-state index in [4.69, 9.17) is 8.85 Å². The van der Waals surface area contributed by atoms with Gasteiger partial charge in [0.1, 0.15) is 0 Å². The van der Waals surface area contributed by atoms with Crippen LogP contribution in [0.2, 0.25) is 12.1 Å². The van der Waals surface area contributed by atoms with Crippen molar-refractivity contribution in [1.82, 2.24) is 0 Å². The van der Waals surface area contributed by atoms with E-state index in [1.807, 2.05) is 0 Å². The molecule has 5 heteroatoms. The molecule has 0 amide bonds. The lowest BCUT2D eigenvalue weighted by atomic mass is 10.2. The Morgan fingerprint density at radius 3 is 0.957 bits per heavy atom. The molecule has 2 nitrogen and oxygen atoms in total. The maximum Gasteiger partial charge on any atom is 0.338 e. The first kappa shape index (κ1) is 37.7. The summed E-state index contributed by atoms with van der Waals surface area (Å²) in [6.45, 7) is 5.85. The van der Waals surface area contributed by atoms with Gasteiger partial charge in [-0.15, -0.1) is 0 Å². The lowest BCUT2D eigenvalue weighted by molar-refractivity contribution is 0.180. The third-order valence-electron chi connectivity index (χ3n) is 8.97. The zero-order valence-corrected chi connectivity index (χ0v) is 31.9. The largest absolute Gasteiger partial charge is 0.394 e. The minimum Gasteiger partial charge on any atom is -0.394 e. The molecule has 0 aliphatic heterocycles. The Balaban J connectivity index is 1.15. The Morgan fingerprint density at radius 2 is 0.660 bits per heavy atom. The molecular formula is C42H58O2P2Si. The zero-order chi connectivity index (χ0) is 32.8. The van der Waals surface area contributed by atoms with Crippen LogP contribution in [0.15, 0.2) is 121 Å². The first-order valence-corrected chi connectivity index (χ1v) is 23.6. The smallest absolute Gasteiger partial charge is 0.338 e. The SMILES string of the molecule is CCO[Si](CCCCCCCP(c1ccccc1)c1ccccc1)(CCCCCCCP(c1ccccc1)c1ccccc1)OCC. The molecular weight excluding hydrogens is 626 g/mol. The summed E-state index contributed by atoms with van der Waals surface area (Å²) in [5.74, 6) is 0. The van der Waals surface area contributed by atoms with E-state index in [1.165, 1.54) is 97.8 Å². The minimum absolute atomic E-state index is 0.274. The van der Waals surface area contributed by atoms with Crippen LogP contribution in [0.4, 0.5) is 0 Å². The lowest BCUT2D eigenvalue weighted by Crippen LogP contribution is -2.42. The van der Waals surface area contributed by atoms with E-state index in [9.17, 15) is 0 Å². The molecule has 47 heavy (non-hydrogen) atoms. The highest BCUT2D eigenvalue weighted by atomic mass is 31.1. The van der Waals surface area contributed by atoms with Crippen molar-refractivity contribution in [2.24, 2.45) is 0 Å². The van der Waals surface area contributed by atoms with Gasteiger partial charge in [0.25, 0.3) is 0 Å². The highest BCUT2D eigenvalue weighted by molar-refractivity contribution is 7.73. The molecule has 0 saturated carbocycles. The van der Waals surface area contributed by atoms with Gasteiger partial charge in [-0.3, -0.25) is 0 Å². The number of unbranched alkanes of at least 4 members (excludes halogenated alkanes) is 8. The molecule has 0 heterocycles. The summed E-state index contributed by atoms with van der Waals surface area (Å²) in [5.41, 5.74) is 0. The summed E-state index contributed by atoms with van der Waals surface area (Å²) in [4.78, 5) is 0. The predicted octanol–water partition coefficient (Wildman–Crippen LogP) is 10.7. The van der Waals surface area contributed by atoms with Crippen molar-refractivity contribution in [2.75, 3.05) is 25.5 Å². The van der Waals surface area contributed by atoms with E-state index in [0.717, 1.165) is 25.3 Å². The summed E-state index contributed by atoms with van der Waals surface area (Å²) >= 11 is 0.